The Bertz CT molecular complexity index is 1210. The van der Waals surface area contributed by atoms with Crippen molar-refractivity contribution in [3.8, 4) is 5.75 Å². The van der Waals surface area contributed by atoms with Gasteiger partial charge in [0, 0.05) is 31.3 Å². The number of nitrogens with zero attached hydrogens (tertiary/aromatic N) is 2. The molecule has 182 valence electrons. The monoisotopic (exact) mass is 471 g/mol. The first kappa shape index (κ1) is 23.8. The summed E-state index contributed by atoms with van der Waals surface area (Å²) in [4.78, 5) is 42.2. The van der Waals surface area contributed by atoms with Crippen molar-refractivity contribution >= 4 is 28.9 Å². The van der Waals surface area contributed by atoms with E-state index >= 15 is 0 Å². The topological polar surface area (TPSA) is 165 Å². The number of ketones is 2. The first-order valence-electron chi connectivity index (χ1n) is 10.9. The molecular weight excluding hydrogens is 442 g/mol. The Balaban J connectivity index is 2.01. The van der Waals surface area contributed by atoms with E-state index in [9.17, 15) is 34.8 Å². The summed E-state index contributed by atoms with van der Waals surface area (Å²) >= 11 is 0. The molecule has 0 radical (unpaired) electrons. The summed E-state index contributed by atoms with van der Waals surface area (Å²) in [6.45, 7) is 1.67. The Morgan fingerprint density at radius 2 is 1.76 bits per heavy atom. The highest BCUT2D eigenvalue weighted by atomic mass is 16.3. The van der Waals surface area contributed by atoms with E-state index in [2.05, 4.69) is 0 Å². The number of fused-ring (bicyclic) bond motifs is 3. The molecular formula is C24H29N3O7. The highest BCUT2D eigenvalue weighted by Gasteiger charge is 2.64. The van der Waals surface area contributed by atoms with Crippen LogP contribution in [0.3, 0.4) is 0 Å². The van der Waals surface area contributed by atoms with E-state index < -0.39 is 58.0 Å². The van der Waals surface area contributed by atoms with E-state index in [-0.39, 0.29) is 29.7 Å². The van der Waals surface area contributed by atoms with Crippen LogP contribution in [0.5, 0.6) is 5.75 Å². The fraction of sp³-hybridized carbons (Fsp3) is 0.458. The van der Waals surface area contributed by atoms with Crippen LogP contribution in [0.25, 0.3) is 5.76 Å². The van der Waals surface area contributed by atoms with Gasteiger partial charge in [-0.05, 0) is 57.0 Å². The van der Waals surface area contributed by atoms with Crippen LogP contribution in [0.4, 0.5) is 5.69 Å². The standard InChI is InChI=1S/C24H29N3O7/c1-9-6-13(26(2)3)11-7-10-8-12-17(27(4)5)20(30)16(23(25)33)22(32)24(12,34)21(31)14(10)19(29)15(11)18(9)28/h6,10,12,17,28-29,32,34H,7-8H2,1-5H3,(H2,25,33)/t10-,12-,17-,24-/m0/s1. The number of aromatic hydroxyl groups is 1. The Morgan fingerprint density at radius 1 is 1.15 bits per heavy atom. The second-order valence-corrected chi connectivity index (χ2v) is 9.77. The summed E-state index contributed by atoms with van der Waals surface area (Å²) in [6.07, 6.45) is 0.323. The van der Waals surface area contributed by atoms with Crippen LogP contribution in [0.1, 0.15) is 23.1 Å². The Hall–Kier alpha value is -3.37. The van der Waals surface area contributed by atoms with E-state index in [0.29, 0.717) is 11.1 Å². The van der Waals surface area contributed by atoms with Gasteiger partial charge in [-0.1, -0.05) is 0 Å². The zero-order chi connectivity index (χ0) is 25.4. The fourth-order valence-corrected chi connectivity index (χ4v) is 5.82. The molecule has 1 aromatic carbocycles. The predicted molar refractivity (Wildman–Crippen MR) is 123 cm³/mol. The number of hydrogen-bond acceptors (Lipinski definition) is 9. The second-order valence-electron chi connectivity index (χ2n) is 9.77. The molecule has 0 aromatic heterocycles. The lowest BCUT2D eigenvalue weighted by Crippen LogP contribution is -2.65. The number of aliphatic hydroxyl groups is 3. The van der Waals surface area contributed by atoms with Gasteiger partial charge in [0.25, 0.3) is 5.91 Å². The summed E-state index contributed by atoms with van der Waals surface area (Å²) < 4.78 is 0. The molecule has 0 aliphatic heterocycles. The molecule has 34 heavy (non-hydrogen) atoms. The number of amides is 1. The zero-order valence-electron chi connectivity index (χ0n) is 19.7. The number of phenols is 1. The van der Waals surface area contributed by atoms with Crippen LogP contribution < -0.4 is 10.6 Å². The van der Waals surface area contributed by atoms with Gasteiger partial charge in [0.05, 0.1) is 11.6 Å². The van der Waals surface area contributed by atoms with Gasteiger partial charge in [-0.15, -0.1) is 0 Å². The maximum absolute atomic E-state index is 13.8. The number of aliphatic hydroxyl groups excluding tert-OH is 2. The van der Waals surface area contributed by atoms with Crippen molar-refractivity contribution in [3.05, 3.63) is 39.7 Å². The Labute approximate surface area is 196 Å². The maximum Gasteiger partial charge on any atom is 0.255 e. The van der Waals surface area contributed by atoms with Crippen LogP contribution in [0.2, 0.25) is 0 Å². The summed E-state index contributed by atoms with van der Waals surface area (Å²) in [5, 5.41) is 44.4. The van der Waals surface area contributed by atoms with Crippen LogP contribution >= 0.6 is 0 Å². The minimum atomic E-state index is -2.63. The van der Waals surface area contributed by atoms with Crippen molar-refractivity contribution in [1.29, 1.82) is 0 Å². The van der Waals surface area contributed by atoms with Crippen molar-refractivity contribution in [1.82, 2.24) is 4.90 Å². The first-order valence-corrected chi connectivity index (χ1v) is 10.9. The Morgan fingerprint density at radius 3 is 2.29 bits per heavy atom. The van der Waals surface area contributed by atoms with Crippen LogP contribution in [0, 0.1) is 18.8 Å². The van der Waals surface area contributed by atoms with Gasteiger partial charge in [-0.3, -0.25) is 19.3 Å². The largest absolute Gasteiger partial charge is 0.508 e. The molecule has 0 spiro atoms. The molecule has 1 aromatic rings. The van der Waals surface area contributed by atoms with E-state index in [1.807, 2.05) is 19.0 Å². The molecule has 3 aliphatic rings. The number of anilines is 1. The number of hydrogen-bond donors (Lipinski definition) is 5. The van der Waals surface area contributed by atoms with Crippen LogP contribution in [0.15, 0.2) is 23.0 Å². The van der Waals surface area contributed by atoms with Crippen molar-refractivity contribution in [2.24, 2.45) is 17.6 Å². The lowest BCUT2D eigenvalue weighted by Gasteiger charge is -2.50. The first-order chi connectivity index (χ1) is 15.7. The number of phenolic OH excluding ortho intramolecular Hbond substituents is 1. The van der Waals surface area contributed by atoms with Gasteiger partial charge in [0.15, 0.2) is 11.4 Å². The van der Waals surface area contributed by atoms with E-state index in [0.717, 1.165) is 5.69 Å². The smallest absolute Gasteiger partial charge is 0.255 e. The third kappa shape index (κ3) is 2.91. The molecule has 0 heterocycles. The van der Waals surface area contributed by atoms with E-state index in [4.69, 9.17) is 5.73 Å². The minimum Gasteiger partial charge on any atom is -0.508 e. The average molecular weight is 472 g/mol. The quantitative estimate of drug-likeness (QED) is 0.391. The molecule has 4 atom stereocenters. The normalized spacial score (nSPS) is 28.6. The highest BCUT2D eigenvalue weighted by molar-refractivity contribution is 6.24. The molecule has 10 nitrogen and oxygen atoms in total. The third-order valence-electron chi connectivity index (χ3n) is 7.37. The molecule has 6 N–H and O–H groups in total. The number of aryl methyl sites for hydroxylation is 1. The fourth-order valence-electron chi connectivity index (χ4n) is 5.82. The zero-order valence-corrected chi connectivity index (χ0v) is 19.7. The number of likely N-dealkylation sites (N-methyl/N-ethyl adjacent to an activating group) is 1. The lowest BCUT2D eigenvalue weighted by atomic mass is 9.57. The molecule has 3 aliphatic carbocycles. The average Bonchev–Trinajstić information content (AvgIpc) is 2.72. The Kier molecular flexibility index (Phi) is 5.30. The molecule has 0 bridgehead atoms. The third-order valence-corrected chi connectivity index (χ3v) is 7.37. The predicted octanol–water partition coefficient (Wildman–Crippen LogP) is 0.338. The second kappa shape index (κ2) is 7.57. The van der Waals surface area contributed by atoms with E-state index in [1.165, 1.54) is 4.90 Å². The van der Waals surface area contributed by atoms with Gasteiger partial charge in [-0.25, -0.2) is 0 Å². The molecule has 1 amide bonds. The summed E-state index contributed by atoms with van der Waals surface area (Å²) in [7, 11) is 6.78. The SMILES string of the molecule is Cc1cc(N(C)C)c2c(c1O)C(O)=C1C(=O)[C@]3(O)C(O)=C(C(N)=O)C(=O)[C@@H](N(C)C)[C@@H]3C[C@@H]1C2. The van der Waals surface area contributed by atoms with Gasteiger partial charge in [0.1, 0.15) is 22.8 Å². The van der Waals surface area contributed by atoms with Crippen molar-refractivity contribution < 1.29 is 34.8 Å². The van der Waals surface area contributed by atoms with Gasteiger partial charge in [-0.2, -0.15) is 0 Å². The van der Waals surface area contributed by atoms with Crippen LogP contribution in [-0.4, -0.2) is 82.6 Å². The van der Waals surface area contributed by atoms with E-state index in [1.54, 1.807) is 27.1 Å². The van der Waals surface area contributed by atoms with Gasteiger partial charge < -0.3 is 31.1 Å². The van der Waals surface area contributed by atoms with Crippen molar-refractivity contribution in [3.63, 3.8) is 0 Å². The number of nitrogens with two attached hydrogens (primary N) is 1. The number of primary amides is 1. The minimum absolute atomic E-state index is 0.0628. The molecule has 10 heteroatoms. The molecule has 1 fully saturated rings. The summed E-state index contributed by atoms with van der Waals surface area (Å²) in [5.74, 6) is -6.49. The maximum atomic E-state index is 13.8. The number of carbonyl (C=O) groups excluding carboxylic acids is 3. The summed E-state index contributed by atoms with van der Waals surface area (Å²) in [6, 6.07) is 0.686. The van der Waals surface area contributed by atoms with Crippen molar-refractivity contribution in [2.45, 2.75) is 31.4 Å². The van der Waals surface area contributed by atoms with Gasteiger partial charge in [0.2, 0.25) is 5.78 Å². The van der Waals surface area contributed by atoms with Crippen molar-refractivity contribution in [2.75, 3.05) is 33.1 Å². The summed E-state index contributed by atoms with van der Waals surface area (Å²) in [5.41, 5.74) is 3.69. The highest BCUT2D eigenvalue weighted by Crippen LogP contribution is 2.53. The molecule has 0 unspecified atom stereocenters. The molecule has 0 saturated heterocycles. The van der Waals surface area contributed by atoms with Crippen LogP contribution in [-0.2, 0) is 20.8 Å². The number of rotatable bonds is 3. The number of benzene rings is 1. The number of Topliss-reactive ketones (excluding diaryl/α,β-unsaturated/α-hetero) is 2. The molecule has 1 saturated carbocycles. The van der Waals surface area contributed by atoms with Gasteiger partial charge >= 0.3 is 0 Å². The lowest BCUT2D eigenvalue weighted by molar-refractivity contribution is -0.153. The number of carbonyl (C=O) groups is 3. The molecule has 4 rings (SSSR count).